The van der Waals surface area contributed by atoms with Gasteiger partial charge in [0, 0.05) is 26.2 Å². The second-order valence-corrected chi connectivity index (χ2v) is 11.0. The lowest BCUT2D eigenvalue weighted by Crippen LogP contribution is -2.32. The zero-order chi connectivity index (χ0) is 17.7. The first-order valence-corrected chi connectivity index (χ1v) is 11.6. The van der Waals surface area contributed by atoms with Crippen molar-refractivity contribution in [2.45, 2.75) is 22.6 Å². The Bertz CT molecular complexity index is 851. The minimum Gasteiger partial charge on any atom is -0.316 e. The van der Waals surface area contributed by atoms with Gasteiger partial charge in [-0.05, 0) is 56.0 Å². The molecule has 2 atom stereocenters. The van der Waals surface area contributed by atoms with Crippen molar-refractivity contribution in [1.82, 2.24) is 13.9 Å². The molecule has 3 fully saturated rings. The van der Waals surface area contributed by atoms with Crippen LogP contribution in [0.3, 0.4) is 0 Å². The number of rotatable bonds is 4. The van der Waals surface area contributed by atoms with Crippen LogP contribution in [0.25, 0.3) is 0 Å². The largest absolute Gasteiger partial charge is 0.316 e. The number of benzene rings is 1. The van der Waals surface area contributed by atoms with E-state index in [1.807, 2.05) is 0 Å². The molecule has 1 N–H and O–H groups in total. The minimum absolute atomic E-state index is 0.0662. The van der Waals surface area contributed by atoms with Crippen molar-refractivity contribution in [3.63, 3.8) is 0 Å². The number of sulfonamides is 2. The Morgan fingerprint density at radius 3 is 1.92 bits per heavy atom. The third kappa shape index (κ3) is 3.02. The highest BCUT2D eigenvalue weighted by atomic mass is 32.2. The Balaban J connectivity index is 1.63. The molecule has 0 amide bonds. The van der Waals surface area contributed by atoms with Crippen LogP contribution in [-0.4, -0.2) is 64.7 Å². The van der Waals surface area contributed by atoms with Gasteiger partial charge in [-0.2, -0.15) is 8.61 Å². The predicted molar refractivity (Wildman–Crippen MR) is 93.0 cm³/mol. The van der Waals surface area contributed by atoms with Crippen molar-refractivity contribution in [2.75, 3.05) is 39.3 Å². The average Bonchev–Trinajstić information content (AvgIpc) is 3.31. The molecule has 7 nitrogen and oxygen atoms in total. The van der Waals surface area contributed by atoms with Gasteiger partial charge in [-0.25, -0.2) is 16.8 Å². The molecule has 3 heterocycles. The summed E-state index contributed by atoms with van der Waals surface area (Å²) in [6.45, 7) is 3.70. The summed E-state index contributed by atoms with van der Waals surface area (Å²) in [5.41, 5.74) is 0. The fourth-order valence-electron chi connectivity index (χ4n) is 4.03. The van der Waals surface area contributed by atoms with Crippen LogP contribution < -0.4 is 5.32 Å². The van der Waals surface area contributed by atoms with Crippen molar-refractivity contribution in [3.05, 3.63) is 24.3 Å². The van der Waals surface area contributed by atoms with Crippen molar-refractivity contribution >= 4 is 20.0 Å². The van der Waals surface area contributed by atoms with Crippen molar-refractivity contribution < 1.29 is 16.8 Å². The van der Waals surface area contributed by atoms with Gasteiger partial charge in [-0.3, -0.25) is 0 Å². The Labute approximate surface area is 149 Å². The normalized spacial score (nSPS) is 28.5. The van der Waals surface area contributed by atoms with E-state index in [2.05, 4.69) is 5.32 Å². The molecule has 9 heteroatoms. The van der Waals surface area contributed by atoms with Crippen LogP contribution in [0.1, 0.15) is 12.8 Å². The summed E-state index contributed by atoms with van der Waals surface area (Å²) in [6, 6.07) is 5.81. The van der Waals surface area contributed by atoms with Gasteiger partial charge in [0.15, 0.2) is 0 Å². The molecule has 4 rings (SSSR count). The molecule has 0 saturated carbocycles. The van der Waals surface area contributed by atoms with Crippen LogP contribution in [0.4, 0.5) is 0 Å². The topological polar surface area (TPSA) is 86.8 Å². The molecule has 1 aromatic carbocycles. The maximum Gasteiger partial charge on any atom is 0.243 e. The smallest absolute Gasteiger partial charge is 0.243 e. The summed E-state index contributed by atoms with van der Waals surface area (Å²) in [7, 11) is -7.28. The Kier molecular flexibility index (Phi) is 4.40. The number of nitrogens with zero attached hydrogens (tertiary/aromatic N) is 2. The highest BCUT2D eigenvalue weighted by Gasteiger charge is 2.41. The van der Waals surface area contributed by atoms with Gasteiger partial charge in [0.2, 0.25) is 20.0 Å². The van der Waals surface area contributed by atoms with E-state index in [4.69, 9.17) is 0 Å². The lowest BCUT2D eigenvalue weighted by atomic mass is 10.0. The molecule has 0 aliphatic carbocycles. The Morgan fingerprint density at radius 2 is 1.36 bits per heavy atom. The molecule has 0 bridgehead atoms. The summed E-state index contributed by atoms with van der Waals surface area (Å²) in [6.07, 6.45) is 1.70. The van der Waals surface area contributed by atoms with Gasteiger partial charge >= 0.3 is 0 Å². The first-order valence-electron chi connectivity index (χ1n) is 8.70. The lowest BCUT2D eigenvalue weighted by molar-refractivity contribution is 0.447. The van der Waals surface area contributed by atoms with Gasteiger partial charge in [0.05, 0.1) is 9.79 Å². The van der Waals surface area contributed by atoms with E-state index in [0.717, 1.165) is 25.9 Å². The maximum absolute atomic E-state index is 13.0. The predicted octanol–water partition coefficient (Wildman–Crippen LogP) is 0.311. The van der Waals surface area contributed by atoms with Gasteiger partial charge < -0.3 is 5.32 Å². The van der Waals surface area contributed by atoms with Crippen molar-refractivity contribution in [3.8, 4) is 0 Å². The molecule has 3 saturated heterocycles. The third-order valence-corrected chi connectivity index (χ3v) is 9.22. The molecule has 1 aromatic rings. The summed E-state index contributed by atoms with van der Waals surface area (Å²) in [5.74, 6) is 0.706. The number of nitrogens with one attached hydrogen (secondary N) is 1. The van der Waals surface area contributed by atoms with Gasteiger partial charge in [0.1, 0.15) is 0 Å². The summed E-state index contributed by atoms with van der Waals surface area (Å²) < 4.78 is 54.3. The lowest BCUT2D eigenvalue weighted by Gasteiger charge is -2.19. The average molecular weight is 386 g/mol. The molecule has 3 aliphatic heterocycles. The number of hydrogen-bond acceptors (Lipinski definition) is 5. The highest BCUT2D eigenvalue weighted by Crippen LogP contribution is 2.31. The van der Waals surface area contributed by atoms with E-state index >= 15 is 0 Å². The second-order valence-electron chi connectivity index (χ2n) is 7.09. The van der Waals surface area contributed by atoms with Gasteiger partial charge in [0.25, 0.3) is 0 Å². The van der Waals surface area contributed by atoms with Gasteiger partial charge in [-0.1, -0.05) is 6.07 Å². The third-order valence-electron chi connectivity index (χ3n) is 5.50. The summed E-state index contributed by atoms with van der Waals surface area (Å²) >= 11 is 0. The van der Waals surface area contributed by atoms with E-state index in [9.17, 15) is 16.8 Å². The van der Waals surface area contributed by atoms with Crippen LogP contribution in [0.15, 0.2) is 34.1 Å². The van der Waals surface area contributed by atoms with Crippen molar-refractivity contribution in [2.24, 2.45) is 11.8 Å². The second kappa shape index (κ2) is 6.31. The number of fused-ring (bicyclic) bond motifs is 1. The molecular weight excluding hydrogens is 362 g/mol. The van der Waals surface area contributed by atoms with E-state index in [1.165, 1.54) is 32.9 Å². The van der Waals surface area contributed by atoms with Crippen LogP contribution in [-0.2, 0) is 20.0 Å². The first kappa shape index (κ1) is 17.4. The summed E-state index contributed by atoms with van der Waals surface area (Å²) in [4.78, 5) is 0.136. The van der Waals surface area contributed by atoms with E-state index in [1.54, 1.807) is 0 Å². The molecule has 0 aromatic heterocycles. The summed E-state index contributed by atoms with van der Waals surface area (Å²) in [5, 5.41) is 3.29. The SMILES string of the molecule is O=S(=O)(c1cccc(S(=O)(=O)N2C[C@H]3CNC[C@H]3C2)c1)N1CCCC1. The molecule has 0 radical (unpaired) electrons. The zero-order valence-corrected chi connectivity index (χ0v) is 15.6. The quantitative estimate of drug-likeness (QED) is 0.806. The molecular formula is C16H23N3O4S2. The Hall–Kier alpha value is -1.00. The van der Waals surface area contributed by atoms with Crippen molar-refractivity contribution in [1.29, 1.82) is 0 Å². The highest BCUT2D eigenvalue weighted by molar-refractivity contribution is 7.90. The Morgan fingerprint density at radius 1 is 0.840 bits per heavy atom. The first-order chi connectivity index (χ1) is 11.9. The van der Waals surface area contributed by atoms with Crippen LogP contribution in [0, 0.1) is 11.8 Å². The fourth-order valence-corrected chi connectivity index (χ4v) is 7.27. The minimum atomic E-state index is -3.66. The number of hydrogen-bond donors (Lipinski definition) is 1. The van der Waals surface area contributed by atoms with Crippen LogP contribution in [0.5, 0.6) is 0 Å². The fraction of sp³-hybridized carbons (Fsp3) is 0.625. The zero-order valence-electron chi connectivity index (χ0n) is 14.0. The van der Waals surface area contributed by atoms with Gasteiger partial charge in [-0.15, -0.1) is 0 Å². The van der Waals surface area contributed by atoms with E-state index < -0.39 is 20.0 Å². The van der Waals surface area contributed by atoms with E-state index in [-0.39, 0.29) is 9.79 Å². The molecule has 0 spiro atoms. The monoisotopic (exact) mass is 385 g/mol. The maximum atomic E-state index is 13.0. The molecule has 138 valence electrons. The molecule has 0 unspecified atom stereocenters. The standard InChI is InChI=1S/C16H23N3O4S2/c20-24(21,18-6-1-2-7-18)15-4-3-5-16(8-15)25(22,23)19-11-13-9-17-10-14(13)12-19/h3-5,8,13-14,17H,1-2,6-7,9-12H2/t13-,14+. The molecule has 3 aliphatic rings. The molecule has 25 heavy (non-hydrogen) atoms. The van der Waals surface area contributed by atoms with Crippen LogP contribution >= 0.6 is 0 Å². The van der Waals surface area contributed by atoms with Crippen LogP contribution in [0.2, 0.25) is 0 Å². The van der Waals surface area contributed by atoms with E-state index in [0.29, 0.717) is 38.0 Å².